The minimum absolute atomic E-state index is 0.100. The molecule has 1 aromatic carbocycles. The highest BCUT2D eigenvalue weighted by Crippen LogP contribution is 2.27. The SMILES string of the molecule is CC(OC(=O)c1cc2ccccc2nc1N1CCCC1)C(=O)N1CCCCCC1. The van der Waals surface area contributed by atoms with Crippen LogP contribution in [0.3, 0.4) is 0 Å². The molecule has 1 unspecified atom stereocenters. The monoisotopic (exact) mass is 395 g/mol. The Morgan fingerprint density at radius 3 is 2.34 bits per heavy atom. The molecular weight excluding hydrogens is 366 g/mol. The van der Waals surface area contributed by atoms with E-state index in [9.17, 15) is 9.59 Å². The Hall–Kier alpha value is -2.63. The molecule has 1 atom stereocenters. The highest BCUT2D eigenvalue weighted by molar-refractivity contribution is 6.00. The van der Waals surface area contributed by atoms with E-state index >= 15 is 0 Å². The third-order valence-electron chi connectivity index (χ3n) is 5.88. The molecule has 0 aliphatic carbocycles. The molecule has 0 bridgehead atoms. The molecule has 2 fully saturated rings. The number of amides is 1. The maximum Gasteiger partial charge on any atom is 0.342 e. The van der Waals surface area contributed by atoms with Crippen LogP contribution >= 0.6 is 0 Å². The number of esters is 1. The number of anilines is 1. The Morgan fingerprint density at radius 2 is 1.62 bits per heavy atom. The average Bonchev–Trinajstić information content (AvgIpc) is 3.14. The molecule has 2 saturated heterocycles. The van der Waals surface area contributed by atoms with E-state index in [2.05, 4.69) is 4.90 Å². The molecule has 1 aromatic heterocycles. The number of pyridine rings is 1. The standard InChI is InChI=1S/C23H29N3O3/c1-17(22(27)26-14-6-2-3-7-15-26)29-23(28)19-16-18-10-4-5-11-20(18)24-21(19)25-12-8-9-13-25/h4-5,10-11,16-17H,2-3,6-9,12-15H2,1H3. The van der Waals surface area contributed by atoms with Gasteiger partial charge in [0.15, 0.2) is 6.10 Å². The number of likely N-dealkylation sites (tertiary alicyclic amines) is 1. The molecule has 6 heteroatoms. The number of ether oxygens (including phenoxy) is 1. The van der Waals surface area contributed by atoms with Crippen LogP contribution in [0.25, 0.3) is 10.9 Å². The van der Waals surface area contributed by atoms with Gasteiger partial charge in [0.2, 0.25) is 0 Å². The second-order valence-corrected chi connectivity index (χ2v) is 8.03. The van der Waals surface area contributed by atoms with Crippen LogP contribution in [0.2, 0.25) is 0 Å². The lowest BCUT2D eigenvalue weighted by Crippen LogP contribution is -2.40. The number of carbonyl (C=O) groups excluding carboxylic acids is 2. The van der Waals surface area contributed by atoms with Gasteiger partial charge in [0.25, 0.3) is 5.91 Å². The lowest BCUT2D eigenvalue weighted by atomic mass is 10.1. The van der Waals surface area contributed by atoms with Gasteiger partial charge in [-0.2, -0.15) is 0 Å². The number of rotatable bonds is 4. The summed E-state index contributed by atoms with van der Waals surface area (Å²) in [7, 11) is 0. The third kappa shape index (κ3) is 4.36. The van der Waals surface area contributed by atoms with Gasteiger partial charge in [-0.3, -0.25) is 4.79 Å². The van der Waals surface area contributed by atoms with Crippen LogP contribution in [0.5, 0.6) is 0 Å². The second-order valence-electron chi connectivity index (χ2n) is 8.03. The summed E-state index contributed by atoms with van der Waals surface area (Å²) in [5, 5.41) is 0.897. The largest absolute Gasteiger partial charge is 0.449 e. The van der Waals surface area contributed by atoms with Crippen molar-refractivity contribution in [1.29, 1.82) is 0 Å². The van der Waals surface area contributed by atoms with Crippen LogP contribution < -0.4 is 4.90 Å². The van der Waals surface area contributed by atoms with Crippen LogP contribution in [0.1, 0.15) is 55.8 Å². The minimum Gasteiger partial charge on any atom is -0.449 e. The first-order chi connectivity index (χ1) is 14.1. The predicted molar refractivity (Wildman–Crippen MR) is 113 cm³/mol. The first-order valence-corrected chi connectivity index (χ1v) is 10.8. The summed E-state index contributed by atoms with van der Waals surface area (Å²) in [4.78, 5) is 34.6. The Kier molecular flexibility index (Phi) is 5.97. The Balaban J connectivity index is 1.56. The van der Waals surface area contributed by atoms with Crippen molar-refractivity contribution in [2.45, 2.75) is 51.6 Å². The van der Waals surface area contributed by atoms with E-state index in [1.807, 2.05) is 35.2 Å². The fourth-order valence-corrected chi connectivity index (χ4v) is 4.25. The third-order valence-corrected chi connectivity index (χ3v) is 5.88. The summed E-state index contributed by atoms with van der Waals surface area (Å²) in [5.74, 6) is 0.0955. The van der Waals surface area contributed by atoms with Crippen molar-refractivity contribution in [3.63, 3.8) is 0 Å². The normalized spacial score (nSPS) is 18.5. The van der Waals surface area contributed by atoms with Crippen molar-refractivity contribution in [2.24, 2.45) is 0 Å². The fraction of sp³-hybridized carbons (Fsp3) is 0.522. The molecule has 3 heterocycles. The lowest BCUT2D eigenvalue weighted by Gasteiger charge is -2.25. The molecular formula is C23H29N3O3. The van der Waals surface area contributed by atoms with Gasteiger partial charge in [0.05, 0.1) is 5.52 Å². The minimum atomic E-state index is -0.793. The predicted octanol–water partition coefficient (Wildman–Crippen LogP) is 3.78. The van der Waals surface area contributed by atoms with Crippen molar-refractivity contribution in [3.05, 3.63) is 35.9 Å². The summed E-state index contributed by atoms with van der Waals surface area (Å²) >= 11 is 0. The van der Waals surface area contributed by atoms with Crippen LogP contribution in [0, 0.1) is 0 Å². The van der Waals surface area contributed by atoms with E-state index in [-0.39, 0.29) is 5.91 Å². The molecule has 2 aromatic rings. The Labute approximate surface area is 171 Å². The topological polar surface area (TPSA) is 62.7 Å². The maximum atomic E-state index is 13.1. The van der Waals surface area contributed by atoms with E-state index in [0.29, 0.717) is 11.4 Å². The van der Waals surface area contributed by atoms with E-state index in [4.69, 9.17) is 9.72 Å². The van der Waals surface area contributed by atoms with Gasteiger partial charge in [-0.05, 0) is 44.7 Å². The Bertz CT molecular complexity index is 884. The molecule has 0 N–H and O–H groups in total. The quantitative estimate of drug-likeness (QED) is 0.737. The summed E-state index contributed by atoms with van der Waals surface area (Å²) in [5.41, 5.74) is 1.31. The van der Waals surface area contributed by atoms with Gasteiger partial charge < -0.3 is 14.5 Å². The van der Waals surface area contributed by atoms with Crippen molar-refractivity contribution in [1.82, 2.24) is 9.88 Å². The zero-order chi connectivity index (χ0) is 20.2. The molecule has 29 heavy (non-hydrogen) atoms. The van der Waals surface area contributed by atoms with E-state index in [1.54, 1.807) is 6.92 Å². The molecule has 0 spiro atoms. The van der Waals surface area contributed by atoms with E-state index in [1.165, 1.54) is 0 Å². The highest BCUT2D eigenvalue weighted by Gasteiger charge is 2.28. The molecule has 6 nitrogen and oxygen atoms in total. The number of carbonyl (C=O) groups is 2. The van der Waals surface area contributed by atoms with Gasteiger partial charge in [-0.15, -0.1) is 0 Å². The first-order valence-electron chi connectivity index (χ1n) is 10.8. The van der Waals surface area contributed by atoms with Crippen molar-refractivity contribution < 1.29 is 14.3 Å². The first kappa shape index (κ1) is 19.7. The average molecular weight is 396 g/mol. The molecule has 0 saturated carbocycles. The van der Waals surface area contributed by atoms with Gasteiger partial charge in [-0.1, -0.05) is 31.0 Å². The Morgan fingerprint density at radius 1 is 0.966 bits per heavy atom. The number of benzene rings is 1. The molecule has 0 radical (unpaired) electrons. The fourth-order valence-electron chi connectivity index (χ4n) is 4.25. The van der Waals surface area contributed by atoms with Crippen molar-refractivity contribution in [2.75, 3.05) is 31.1 Å². The summed E-state index contributed by atoms with van der Waals surface area (Å²) in [6.45, 7) is 4.94. The smallest absolute Gasteiger partial charge is 0.342 e. The van der Waals surface area contributed by atoms with Crippen molar-refractivity contribution >= 4 is 28.6 Å². The number of para-hydroxylation sites is 1. The van der Waals surface area contributed by atoms with Crippen LogP contribution in [-0.4, -0.2) is 54.0 Å². The van der Waals surface area contributed by atoms with Crippen LogP contribution in [-0.2, 0) is 9.53 Å². The van der Waals surface area contributed by atoms with E-state index in [0.717, 1.165) is 75.6 Å². The number of aromatic nitrogens is 1. The molecule has 1 amide bonds. The summed E-state index contributed by atoms with van der Waals surface area (Å²) in [6, 6.07) is 9.62. The van der Waals surface area contributed by atoms with E-state index < -0.39 is 12.1 Å². The highest BCUT2D eigenvalue weighted by atomic mass is 16.5. The molecule has 2 aliphatic heterocycles. The summed E-state index contributed by atoms with van der Waals surface area (Å²) in [6.07, 6.45) is 5.72. The maximum absolute atomic E-state index is 13.1. The number of fused-ring (bicyclic) bond motifs is 1. The number of nitrogens with zero attached hydrogens (tertiary/aromatic N) is 3. The molecule has 4 rings (SSSR count). The number of hydrogen-bond acceptors (Lipinski definition) is 5. The zero-order valence-corrected chi connectivity index (χ0v) is 17.1. The molecule has 2 aliphatic rings. The van der Waals surface area contributed by atoms with Gasteiger partial charge in [0.1, 0.15) is 11.4 Å². The van der Waals surface area contributed by atoms with Gasteiger partial charge in [-0.25, -0.2) is 9.78 Å². The lowest BCUT2D eigenvalue weighted by molar-refractivity contribution is -0.139. The van der Waals surface area contributed by atoms with Gasteiger partial charge in [0, 0.05) is 31.6 Å². The second kappa shape index (κ2) is 8.80. The zero-order valence-electron chi connectivity index (χ0n) is 17.1. The van der Waals surface area contributed by atoms with Gasteiger partial charge >= 0.3 is 5.97 Å². The molecule has 154 valence electrons. The van der Waals surface area contributed by atoms with Crippen molar-refractivity contribution in [3.8, 4) is 0 Å². The van der Waals surface area contributed by atoms with Crippen LogP contribution in [0.15, 0.2) is 30.3 Å². The number of hydrogen-bond donors (Lipinski definition) is 0. The van der Waals surface area contributed by atoms with Crippen LogP contribution in [0.4, 0.5) is 5.82 Å². The summed E-state index contributed by atoms with van der Waals surface area (Å²) < 4.78 is 5.64.